The monoisotopic (exact) mass is 482 g/mol. The molecule has 0 saturated carbocycles. The van der Waals surface area contributed by atoms with Crippen molar-refractivity contribution in [2.24, 2.45) is 11.3 Å². The average Bonchev–Trinajstić information content (AvgIpc) is 2.72. The maximum absolute atomic E-state index is 13.3. The molecule has 1 aliphatic rings. The highest BCUT2D eigenvalue weighted by atomic mass is 16.3. The summed E-state index contributed by atoms with van der Waals surface area (Å²) < 4.78 is 0. The van der Waals surface area contributed by atoms with Crippen LogP contribution in [-0.2, 0) is 9.59 Å². The SMILES string of the molecule is CC(C)=CCCC(C)=CCC1(CC=C(C)CCC=C(C)C)C(=O)C=C(O)C(C(=O)CC(C)C)=C1O. The molecular weight excluding hydrogens is 436 g/mol. The van der Waals surface area contributed by atoms with Crippen molar-refractivity contribution in [2.75, 3.05) is 0 Å². The Morgan fingerprint density at radius 2 is 1.31 bits per heavy atom. The number of rotatable bonds is 13. The van der Waals surface area contributed by atoms with Crippen molar-refractivity contribution in [3.8, 4) is 0 Å². The maximum Gasteiger partial charge on any atom is 0.173 e. The highest BCUT2D eigenvalue weighted by Gasteiger charge is 2.46. The minimum absolute atomic E-state index is 0.0667. The van der Waals surface area contributed by atoms with Crippen LogP contribution in [0.5, 0.6) is 0 Å². The molecule has 4 heteroatoms. The summed E-state index contributed by atoms with van der Waals surface area (Å²) in [6, 6.07) is 0. The summed E-state index contributed by atoms with van der Waals surface area (Å²) in [6.45, 7) is 16.1. The molecule has 35 heavy (non-hydrogen) atoms. The summed E-state index contributed by atoms with van der Waals surface area (Å²) in [7, 11) is 0. The standard InChI is InChI=1S/C31H46O4/c1-21(2)11-9-13-24(7)15-17-31(18-16-25(8)14-10-12-22(3)4)28(34)20-27(33)29(30(31)35)26(32)19-23(5)6/h11-12,15-16,20,23,33,35H,9-10,13-14,17-19H2,1-8H3. The molecule has 4 nitrogen and oxygen atoms in total. The number of hydrogen-bond acceptors (Lipinski definition) is 4. The Kier molecular flexibility index (Phi) is 12.2. The molecule has 0 fully saturated rings. The van der Waals surface area contributed by atoms with Crippen LogP contribution < -0.4 is 0 Å². The van der Waals surface area contributed by atoms with Gasteiger partial charge < -0.3 is 10.2 Å². The maximum atomic E-state index is 13.3. The van der Waals surface area contributed by atoms with Crippen LogP contribution in [0.3, 0.4) is 0 Å². The van der Waals surface area contributed by atoms with Gasteiger partial charge in [0.05, 0.1) is 11.0 Å². The second-order valence-corrected chi connectivity index (χ2v) is 10.9. The molecule has 0 atom stereocenters. The van der Waals surface area contributed by atoms with Crippen molar-refractivity contribution < 1.29 is 19.8 Å². The summed E-state index contributed by atoms with van der Waals surface area (Å²) in [5.74, 6) is -1.36. The van der Waals surface area contributed by atoms with Gasteiger partial charge in [-0.3, -0.25) is 9.59 Å². The summed E-state index contributed by atoms with van der Waals surface area (Å²) in [6.07, 6.45) is 13.8. The number of allylic oxidation sites excluding steroid dienone is 11. The van der Waals surface area contributed by atoms with Gasteiger partial charge in [0.1, 0.15) is 11.5 Å². The zero-order valence-corrected chi connectivity index (χ0v) is 23.1. The number of aliphatic hydroxyl groups excluding tert-OH is 2. The summed E-state index contributed by atoms with van der Waals surface area (Å²) >= 11 is 0. The van der Waals surface area contributed by atoms with Gasteiger partial charge in [-0.2, -0.15) is 0 Å². The largest absolute Gasteiger partial charge is 0.510 e. The van der Waals surface area contributed by atoms with E-state index in [4.69, 9.17) is 0 Å². The third kappa shape index (κ3) is 9.51. The minimum Gasteiger partial charge on any atom is -0.510 e. The number of carbonyl (C=O) groups excluding carboxylic acids is 2. The molecule has 0 bridgehead atoms. The van der Waals surface area contributed by atoms with Crippen LogP contribution in [0.15, 0.2) is 69.8 Å². The van der Waals surface area contributed by atoms with E-state index in [1.165, 1.54) is 11.1 Å². The molecule has 0 spiro atoms. The lowest BCUT2D eigenvalue weighted by Gasteiger charge is -2.33. The van der Waals surface area contributed by atoms with Crippen LogP contribution in [0, 0.1) is 11.3 Å². The van der Waals surface area contributed by atoms with E-state index in [-0.39, 0.29) is 48.1 Å². The first-order valence-corrected chi connectivity index (χ1v) is 12.8. The number of aliphatic hydroxyl groups is 2. The second-order valence-electron chi connectivity index (χ2n) is 10.9. The highest BCUT2D eigenvalue weighted by Crippen LogP contribution is 2.44. The van der Waals surface area contributed by atoms with Crippen molar-refractivity contribution in [2.45, 2.75) is 100 Å². The van der Waals surface area contributed by atoms with Crippen molar-refractivity contribution in [3.63, 3.8) is 0 Å². The molecule has 0 unspecified atom stereocenters. The second kappa shape index (κ2) is 14.1. The van der Waals surface area contributed by atoms with E-state index < -0.39 is 11.2 Å². The smallest absolute Gasteiger partial charge is 0.173 e. The first-order valence-electron chi connectivity index (χ1n) is 12.8. The van der Waals surface area contributed by atoms with Crippen LogP contribution in [0.1, 0.15) is 100 Å². The van der Waals surface area contributed by atoms with Gasteiger partial charge in [0, 0.05) is 12.5 Å². The normalized spacial score (nSPS) is 19.1. The van der Waals surface area contributed by atoms with E-state index in [1.807, 2.05) is 39.8 Å². The van der Waals surface area contributed by atoms with Crippen molar-refractivity contribution in [3.05, 3.63) is 69.8 Å². The van der Waals surface area contributed by atoms with Gasteiger partial charge in [0.2, 0.25) is 0 Å². The fraction of sp³-hybridized carbons (Fsp3) is 0.548. The van der Waals surface area contributed by atoms with E-state index in [0.29, 0.717) is 0 Å². The molecule has 0 heterocycles. The zero-order chi connectivity index (χ0) is 26.8. The molecule has 2 N–H and O–H groups in total. The van der Waals surface area contributed by atoms with Crippen LogP contribution in [0.4, 0.5) is 0 Å². The Morgan fingerprint density at radius 1 is 0.857 bits per heavy atom. The van der Waals surface area contributed by atoms with E-state index in [9.17, 15) is 19.8 Å². The first-order chi connectivity index (χ1) is 16.3. The van der Waals surface area contributed by atoms with Crippen molar-refractivity contribution in [1.82, 2.24) is 0 Å². The zero-order valence-electron chi connectivity index (χ0n) is 23.1. The summed E-state index contributed by atoms with van der Waals surface area (Å²) in [4.78, 5) is 26.3. The topological polar surface area (TPSA) is 74.6 Å². The van der Waals surface area contributed by atoms with E-state index in [0.717, 1.165) is 42.9 Å². The van der Waals surface area contributed by atoms with Crippen molar-refractivity contribution >= 4 is 11.6 Å². The fourth-order valence-electron chi connectivity index (χ4n) is 4.12. The first kappa shape index (κ1) is 30.4. The molecule has 0 aromatic carbocycles. The molecule has 1 rings (SSSR count). The van der Waals surface area contributed by atoms with Gasteiger partial charge in [0.15, 0.2) is 11.6 Å². The molecule has 1 aliphatic carbocycles. The van der Waals surface area contributed by atoms with Crippen molar-refractivity contribution in [1.29, 1.82) is 0 Å². The Hall–Kier alpha value is -2.62. The van der Waals surface area contributed by atoms with Crippen LogP contribution in [0.2, 0.25) is 0 Å². The van der Waals surface area contributed by atoms with Gasteiger partial charge in [-0.1, -0.05) is 60.4 Å². The lowest BCUT2D eigenvalue weighted by Crippen LogP contribution is -2.37. The van der Waals surface area contributed by atoms with Crippen LogP contribution in [-0.4, -0.2) is 21.8 Å². The van der Waals surface area contributed by atoms with E-state index >= 15 is 0 Å². The Balaban J connectivity index is 3.42. The fourth-order valence-corrected chi connectivity index (χ4v) is 4.12. The Bertz CT molecular complexity index is 916. The molecule has 194 valence electrons. The minimum atomic E-state index is -1.29. The Morgan fingerprint density at radius 3 is 1.71 bits per heavy atom. The van der Waals surface area contributed by atoms with E-state index in [1.54, 1.807) is 0 Å². The van der Waals surface area contributed by atoms with Gasteiger partial charge in [-0.05, 0) is 86.0 Å². The number of hydrogen-bond donors (Lipinski definition) is 2. The molecule has 0 aromatic heterocycles. The average molecular weight is 483 g/mol. The predicted molar refractivity (Wildman–Crippen MR) is 146 cm³/mol. The predicted octanol–water partition coefficient (Wildman–Crippen LogP) is 8.59. The molecule has 0 radical (unpaired) electrons. The molecule has 0 aromatic rings. The number of carbonyl (C=O) groups is 2. The molecule has 0 saturated heterocycles. The highest BCUT2D eigenvalue weighted by molar-refractivity contribution is 6.08. The Labute approximate surface area is 212 Å². The summed E-state index contributed by atoms with van der Waals surface area (Å²) in [5, 5.41) is 21.9. The molecule has 0 aliphatic heterocycles. The third-order valence-electron chi connectivity index (χ3n) is 6.34. The van der Waals surface area contributed by atoms with Gasteiger partial charge in [-0.25, -0.2) is 0 Å². The van der Waals surface area contributed by atoms with Gasteiger partial charge in [-0.15, -0.1) is 0 Å². The van der Waals surface area contributed by atoms with Gasteiger partial charge >= 0.3 is 0 Å². The lowest BCUT2D eigenvalue weighted by molar-refractivity contribution is -0.124. The number of Topliss-reactive ketones (excluding diaryl/α,β-unsaturated/α-hetero) is 1. The van der Waals surface area contributed by atoms with Crippen LogP contribution >= 0.6 is 0 Å². The summed E-state index contributed by atoms with van der Waals surface area (Å²) in [5.41, 5.74) is 3.38. The molecular formula is C31H46O4. The number of ketones is 2. The van der Waals surface area contributed by atoms with Crippen LogP contribution in [0.25, 0.3) is 0 Å². The van der Waals surface area contributed by atoms with Gasteiger partial charge in [0.25, 0.3) is 0 Å². The van der Waals surface area contributed by atoms with E-state index in [2.05, 4.69) is 39.8 Å². The lowest BCUT2D eigenvalue weighted by atomic mass is 9.69. The molecule has 0 amide bonds. The quantitative estimate of drug-likeness (QED) is 0.258. The third-order valence-corrected chi connectivity index (χ3v) is 6.34.